The molecule has 2 aromatic carbocycles. The molecule has 5 heteroatoms. The van der Waals surface area contributed by atoms with E-state index in [0.29, 0.717) is 6.42 Å². The van der Waals surface area contributed by atoms with Gasteiger partial charge in [0.15, 0.2) is 0 Å². The van der Waals surface area contributed by atoms with Crippen LogP contribution >= 0.6 is 11.8 Å². The molecule has 3 rings (SSSR count). The lowest BCUT2D eigenvalue weighted by molar-refractivity contribution is -0.117. The summed E-state index contributed by atoms with van der Waals surface area (Å²) in [4.78, 5) is 17.6. The van der Waals surface area contributed by atoms with E-state index in [2.05, 4.69) is 22.4 Å². The molecule has 0 bridgehead atoms. The van der Waals surface area contributed by atoms with Gasteiger partial charge in [0, 0.05) is 34.6 Å². The molecule has 1 atom stereocenters. The first-order valence-electron chi connectivity index (χ1n) is 8.44. The fourth-order valence-corrected chi connectivity index (χ4v) is 3.30. The number of nitrogens with two attached hydrogens (primary N) is 1. The van der Waals surface area contributed by atoms with E-state index in [4.69, 9.17) is 5.73 Å². The molecule has 0 spiro atoms. The third-order valence-corrected chi connectivity index (χ3v) is 4.95. The van der Waals surface area contributed by atoms with Gasteiger partial charge in [-0.25, -0.2) is 0 Å². The Balaban J connectivity index is 1.51. The van der Waals surface area contributed by atoms with Crippen LogP contribution in [0.25, 0.3) is 0 Å². The van der Waals surface area contributed by atoms with Gasteiger partial charge >= 0.3 is 0 Å². The maximum absolute atomic E-state index is 12.2. The summed E-state index contributed by atoms with van der Waals surface area (Å²) in [6.07, 6.45) is 2.11. The van der Waals surface area contributed by atoms with Crippen LogP contribution in [-0.2, 0) is 17.0 Å². The average Bonchev–Trinajstić information content (AvgIpc) is 2.69. The quantitative estimate of drug-likeness (QED) is 0.625. The molecule has 132 valence electrons. The number of amides is 1. The summed E-state index contributed by atoms with van der Waals surface area (Å²) in [6, 6.07) is 23.1. The third-order valence-electron chi connectivity index (χ3n) is 3.86. The number of rotatable bonds is 7. The molecule has 1 amide bonds. The Morgan fingerprint density at radius 1 is 1.00 bits per heavy atom. The van der Waals surface area contributed by atoms with Crippen LogP contribution in [0.1, 0.15) is 11.3 Å². The van der Waals surface area contributed by atoms with Gasteiger partial charge < -0.3 is 11.1 Å². The van der Waals surface area contributed by atoms with Crippen molar-refractivity contribution in [2.45, 2.75) is 23.1 Å². The number of benzene rings is 2. The zero-order chi connectivity index (χ0) is 18.2. The normalized spacial score (nSPS) is 11.7. The summed E-state index contributed by atoms with van der Waals surface area (Å²) in [5, 5.41) is 2.86. The topological polar surface area (TPSA) is 68.0 Å². The van der Waals surface area contributed by atoms with Crippen LogP contribution in [0.2, 0.25) is 0 Å². The maximum Gasteiger partial charge on any atom is 0.241 e. The van der Waals surface area contributed by atoms with Crippen molar-refractivity contribution in [1.82, 2.24) is 4.98 Å². The molecule has 0 fully saturated rings. The number of nitrogens with zero attached hydrogens (tertiary/aromatic N) is 1. The van der Waals surface area contributed by atoms with Gasteiger partial charge in [-0.3, -0.25) is 9.78 Å². The van der Waals surface area contributed by atoms with Crippen LogP contribution in [0.15, 0.2) is 83.9 Å². The lowest BCUT2D eigenvalue weighted by atomic mass is 10.1. The van der Waals surface area contributed by atoms with Gasteiger partial charge in [-0.15, -0.1) is 11.8 Å². The third kappa shape index (κ3) is 5.44. The van der Waals surface area contributed by atoms with Gasteiger partial charge in [-0.2, -0.15) is 0 Å². The highest BCUT2D eigenvalue weighted by Crippen LogP contribution is 2.24. The molecular formula is C21H21N3OS. The summed E-state index contributed by atoms with van der Waals surface area (Å²) >= 11 is 1.76. The number of pyridine rings is 1. The van der Waals surface area contributed by atoms with E-state index in [0.717, 1.165) is 22.0 Å². The molecule has 1 aromatic heterocycles. The molecule has 0 aliphatic carbocycles. The van der Waals surface area contributed by atoms with Crippen molar-refractivity contribution in [3.63, 3.8) is 0 Å². The standard InChI is InChI=1S/C21H21N3OS/c22-20(14-18-8-4-5-13-23-18)21(25)24-17-9-11-19(12-10-17)26-15-16-6-2-1-3-7-16/h1-13,20H,14-15,22H2,(H,24,25)/t20-/m0/s1. The Kier molecular flexibility index (Phi) is 6.41. The Hall–Kier alpha value is -2.63. The minimum Gasteiger partial charge on any atom is -0.325 e. The number of hydrogen-bond donors (Lipinski definition) is 2. The second kappa shape index (κ2) is 9.17. The highest BCUT2D eigenvalue weighted by atomic mass is 32.2. The number of carbonyl (C=O) groups is 1. The van der Waals surface area contributed by atoms with E-state index >= 15 is 0 Å². The zero-order valence-electron chi connectivity index (χ0n) is 14.3. The highest BCUT2D eigenvalue weighted by molar-refractivity contribution is 7.98. The molecule has 3 aromatic rings. The van der Waals surface area contributed by atoms with E-state index < -0.39 is 6.04 Å². The van der Waals surface area contributed by atoms with Gasteiger partial charge in [0.25, 0.3) is 0 Å². The molecule has 0 aliphatic rings. The minimum atomic E-state index is -0.628. The molecular weight excluding hydrogens is 342 g/mol. The molecule has 3 N–H and O–H groups in total. The summed E-state index contributed by atoms with van der Waals surface area (Å²) in [6.45, 7) is 0. The zero-order valence-corrected chi connectivity index (χ0v) is 15.2. The fourth-order valence-electron chi connectivity index (χ4n) is 2.45. The van der Waals surface area contributed by atoms with Crippen molar-refractivity contribution in [1.29, 1.82) is 0 Å². The predicted octanol–water partition coefficient (Wildman–Crippen LogP) is 3.88. The second-order valence-electron chi connectivity index (χ2n) is 5.92. The van der Waals surface area contributed by atoms with Crippen LogP contribution in [0.5, 0.6) is 0 Å². The number of thioether (sulfide) groups is 1. The van der Waals surface area contributed by atoms with Crippen molar-refractivity contribution in [2.24, 2.45) is 5.73 Å². The predicted molar refractivity (Wildman–Crippen MR) is 107 cm³/mol. The Morgan fingerprint density at radius 2 is 1.73 bits per heavy atom. The van der Waals surface area contributed by atoms with Gasteiger partial charge in [0.05, 0.1) is 6.04 Å². The molecule has 0 saturated carbocycles. The van der Waals surface area contributed by atoms with Crippen molar-refractivity contribution in [3.05, 3.63) is 90.3 Å². The molecule has 26 heavy (non-hydrogen) atoms. The molecule has 0 radical (unpaired) electrons. The van der Waals surface area contributed by atoms with E-state index in [9.17, 15) is 4.79 Å². The number of anilines is 1. The van der Waals surface area contributed by atoms with Crippen molar-refractivity contribution < 1.29 is 4.79 Å². The van der Waals surface area contributed by atoms with E-state index in [1.807, 2.05) is 60.7 Å². The van der Waals surface area contributed by atoms with Crippen molar-refractivity contribution in [3.8, 4) is 0 Å². The number of carbonyl (C=O) groups excluding carboxylic acids is 1. The van der Waals surface area contributed by atoms with Gasteiger partial charge in [0.2, 0.25) is 5.91 Å². The average molecular weight is 363 g/mol. The van der Waals surface area contributed by atoms with E-state index in [1.165, 1.54) is 5.56 Å². The van der Waals surface area contributed by atoms with Crippen LogP contribution in [-0.4, -0.2) is 16.9 Å². The monoisotopic (exact) mass is 363 g/mol. The van der Waals surface area contributed by atoms with Crippen LogP contribution in [0.4, 0.5) is 5.69 Å². The highest BCUT2D eigenvalue weighted by Gasteiger charge is 2.14. The van der Waals surface area contributed by atoms with Gasteiger partial charge in [0.1, 0.15) is 0 Å². The van der Waals surface area contributed by atoms with Crippen molar-refractivity contribution in [2.75, 3.05) is 5.32 Å². The van der Waals surface area contributed by atoms with Gasteiger partial charge in [-0.05, 0) is 42.0 Å². The Bertz CT molecular complexity index is 823. The largest absolute Gasteiger partial charge is 0.325 e. The SMILES string of the molecule is N[C@@H](Cc1ccccn1)C(=O)Nc1ccc(SCc2ccccc2)cc1. The number of hydrogen-bond acceptors (Lipinski definition) is 4. The first kappa shape index (κ1) is 18.2. The molecule has 4 nitrogen and oxygen atoms in total. The molecule has 0 saturated heterocycles. The summed E-state index contributed by atoms with van der Waals surface area (Å²) < 4.78 is 0. The van der Waals surface area contributed by atoms with Crippen LogP contribution < -0.4 is 11.1 Å². The maximum atomic E-state index is 12.2. The number of aromatic nitrogens is 1. The summed E-state index contributed by atoms with van der Waals surface area (Å²) in [7, 11) is 0. The molecule has 0 aliphatic heterocycles. The van der Waals surface area contributed by atoms with Crippen LogP contribution in [0, 0.1) is 0 Å². The molecule has 0 unspecified atom stereocenters. The van der Waals surface area contributed by atoms with E-state index in [1.54, 1.807) is 18.0 Å². The fraction of sp³-hybridized carbons (Fsp3) is 0.143. The van der Waals surface area contributed by atoms with Crippen LogP contribution in [0.3, 0.4) is 0 Å². The van der Waals surface area contributed by atoms with Gasteiger partial charge in [-0.1, -0.05) is 36.4 Å². The first-order valence-corrected chi connectivity index (χ1v) is 9.42. The Morgan fingerprint density at radius 3 is 2.42 bits per heavy atom. The first-order chi connectivity index (χ1) is 12.7. The smallest absolute Gasteiger partial charge is 0.241 e. The second-order valence-corrected chi connectivity index (χ2v) is 6.97. The molecule has 1 heterocycles. The van der Waals surface area contributed by atoms with E-state index in [-0.39, 0.29) is 5.91 Å². The lowest BCUT2D eigenvalue weighted by Crippen LogP contribution is -2.37. The number of nitrogens with one attached hydrogen (secondary N) is 1. The minimum absolute atomic E-state index is 0.208. The van der Waals surface area contributed by atoms with Crippen molar-refractivity contribution >= 4 is 23.4 Å². The summed E-state index contributed by atoms with van der Waals surface area (Å²) in [5.74, 6) is 0.710. The Labute approximate surface area is 157 Å². The summed E-state index contributed by atoms with van der Waals surface area (Å²) in [5.41, 5.74) is 8.82. The lowest BCUT2D eigenvalue weighted by Gasteiger charge is -2.12.